The van der Waals surface area contributed by atoms with Crippen molar-refractivity contribution in [1.82, 2.24) is 0 Å². The molecule has 1 fully saturated rings. The molecule has 2 heteroatoms. The highest BCUT2D eigenvalue weighted by molar-refractivity contribution is 6.00. The Labute approximate surface area is 114 Å². The fraction of sp³-hybridized carbons (Fsp3) is 0.625. The van der Waals surface area contributed by atoms with Gasteiger partial charge in [-0.05, 0) is 36.8 Å². The highest BCUT2D eigenvalue weighted by Gasteiger charge is 2.41. The summed E-state index contributed by atoms with van der Waals surface area (Å²) in [7, 11) is 3.22. The Kier molecular flexibility index (Phi) is 4.49. The van der Waals surface area contributed by atoms with Gasteiger partial charge in [0, 0.05) is 5.41 Å². The van der Waals surface area contributed by atoms with E-state index in [-0.39, 0.29) is 0 Å². The van der Waals surface area contributed by atoms with E-state index in [1.807, 2.05) is 6.07 Å². The van der Waals surface area contributed by atoms with Crippen LogP contribution in [-0.2, 0) is 5.41 Å². The Bertz CT molecular complexity index is 390. The van der Waals surface area contributed by atoms with Crippen LogP contribution >= 0.6 is 0 Å². The molecule has 1 saturated carbocycles. The largest absolute Gasteiger partial charge is 0.540 e. The van der Waals surface area contributed by atoms with Gasteiger partial charge >= 0.3 is 10.5 Å². The van der Waals surface area contributed by atoms with Gasteiger partial charge in [-0.25, -0.2) is 0 Å². The third-order valence-corrected chi connectivity index (χ3v) is 5.08. The quantitative estimate of drug-likeness (QED) is 0.728. The van der Waals surface area contributed by atoms with E-state index >= 15 is 0 Å². The van der Waals surface area contributed by atoms with Crippen LogP contribution in [0.5, 0.6) is 5.75 Å². The van der Waals surface area contributed by atoms with Crippen molar-refractivity contribution < 1.29 is 4.43 Å². The lowest BCUT2D eigenvalue weighted by Gasteiger charge is -2.45. The van der Waals surface area contributed by atoms with Crippen molar-refractivity contribution >= 4 is 10.5 Å². The van der Waals surface area contributed by atoms with Gasteiger partial charge in [0.25, 0.3) is 0 Å². The van der Waals surface area contributed by atoms with Crippen molar-refractivity contribution in [2.24, 2.45) is 5.92 Å². The smallest absolute Gasteiger partial charge is 0.341 e. The maximum atomic E-state index is 5.42. The summed E-state index contributed by atoms with van der Waals surface area (Å²) in [4.78, 5) is 0. The lowest BCUT2D eigenvalue weighted by molar-refractivity contribution is 0.169. The van der Waals surface area contributed by atoms with Crippen LogP contribution in [0.4, 0.5) is 0 Å². The Balaban J connectivity index is 2.47. The second-order valence-corrected chi connectivity index (χ2v) is 5.66. The molecular weight excluding hydrogens is 236 g/mol. The van der Waals surface area contributed by atoms with E-state index < -0.39 is 0 Å². The van der Waals surface area contributed by atoms with Gasteiger partial charge in [-0.2, -0.15) is 0 Å². The van der Waals surface area contributed by atoms with E-state index in [9.17, 15) is 0 Å². The maximum Gasteiger partial charge on any atom is 0.341 e. The minimum atomic E-state index is 0.316. The van der Waals surface area contributed by atoms with Crippen molar-refractivity contribution in [3.05, 3.63) is 29.8 Å². The van der Waals surface area contributed by atoms with Crippen LogP contribution in [0.15, 0.2) is 24.3 Å². The van der Waals surface area contributed by atoms with Gasteiger partial charge in [0.05, 0.1) is 0 Å². The number of benzene rings is 1. The first-order chi connectivity index (χ1) is 8.78. The van der Waals surface area contributed by atoms with Crippen molar-refractivity contribution in [3.8, 4) is 5.75 Å². The molecule has 0 spiro atoms. The summed E-state index contributed by atoms with van der Waals surface area (Å²) in [6, 6.07) is 8.52. The SMILES string of the molecule is CCC1CCCCC1(CC)c1ccccc1O[Si]. The molecule has 2 unspecified atom stereocenters. The summed E-state index contributed by atoms with van der Waals surface area (Å²) in [6.07, 6.45) is 7.87. The zero-order valence-electron chi connectivity index (χ0n) is 11.5. The molecule has 2 atom stereocenters. The van der Waals surface area contributed by atoms with Gasteiger partial charge in [-0.3, -0.25) is 0 Å². The van der Waals surface area contributed by atoms with Crippen LogP contribution in [-0.4, -0.2) is 10.5 Å². The normalized spacial score (nSPS) is 28.1. The minimum absolute atomic E-state index is 0.316. The second-order valence-electron chi connectivity index (χ2n) is 5.46. The van der Waals surface area contributed by atoms with Crippen LogP contribution in [0, 0.1) is 5.92 Å². The highest BCUT2D eigenvalue weighted by atomic mass is 28.2. The van der Waals surface area contributed by atoms with Crippen LogP contribution in [0.3, 0.4) is 0 Å². The van der Waals surface area contributed by atoms with Crippen molar-refractivity contribution in [3.63, 3.8) is 0 Å². The standard InChI is InChI=1S/C16H23OSi/c1-3-13-9-7-8-12-16(13,4-2)14-10-5-6-11-15(14)17-18/h5-6,10-11,13H,3-4,7-9,12H2,1-2H3. The minimum Gasteiger partial charge on any atom is -0.540 e. The molecule has 1 aliphatic carbocycles. The molecule has 97 valence electrons. The van der Waals surface area contributed by atoms with Crippen LogP contribution < -0.4 is 4.43 Å². The first-order valence-corrected chi connectivity index (χ1v) is 7.62. The van der Waals surface area contributed by atoms with Crippen molar-refractivity contribution in [1.29, 1.82) is 0 Å². The average molecular weight is 259 g/mol. The maximum absolute atomic E-state index is 5.42. The first-order valence-electron chi connectivity index (χ1n) is 7.21. The molecule has 2 rings (SSSR count). The zero-order chi connectivity index (χ0) is 13.0. The summed E-state index contributed by atoms with van der Waals surface area (Å²) < 4.78 is 5.42. The van der Waals surface area contributed by atoms with Crippen LogP contribution in [0.25, 0.3) is 0 Å². The molecule has 0 saturated heterocycles. The van der Waals surface area contributed by atoms with E-state index in [4.69, 9.17) is 4.43 Å². The third-order valence-electron chi connectivity index (χ3n) is 4.86. The molecule has 3 radical (unpaired) electrons. The predicted octanol–water partition coefficient (Wildman–Crippen LogP) is 4.40. The summed E-state index contributed by atoms with van der Waals surface area (Å²) in [5.74, 6) is 1.79. The van der Waals surface area contributed by atoms with Gasteiger partial charge in [0.15, 0.2) is 0 Å². The summed E-state index contributed by atoms with van der Waals surface area (Å²) in [6.45, 7) is 4.66. The molecule has 0 aliphatic heterocycles. The summed E-state index contributed by atoms with van der Waals surface area (Å²) in [5.41, 5.74) is 1.71. The predicted molar refractivity (Wildman–Crippen MR) is 77.0 cm³/mol. The zero-order valence-corrected chi connectivity index (χ0v) is 12.5. The van der Waals surface area contributed by atoms with E-state index in [0.717, 1.165) is 11.7 Å². The number of para-hydroxylation sites is 1. The van der Waals surface area contributed by atoms with E-state index in [1.165, 1.54) is 44.1 Å². The third kappa shape index (κ3) is 2.23. The van der Waals surface area contributed by atoms with Gasteiger partial charge < -0.3 is 4.43 Å². The second kappa shape index (κ2) is 5.92. The van der Waals surface area contributed by atoms with E-state index in [1.54, 1.807) is 0 Å². The lowest BCUT2D eigenvalue weighted by Crippen LogP contribution is -2.37. The molecule has 0 amide bonds. The van der Waals surface area contributed by atoms with E-state index in [0.29, 0.717) is 5.41 Å². The Morgan fingerprint density at radius 2 is 2.06 bits per heavy atom. The lowest BCUT2D eigenvalue weighted by atomic mass is 9.60. The van der Waals surface area contributed by atoms with Crippen LogP contribution in [0.2, 0.25) is 0 Å². The van der Waals surface area contributed by atoms with Gasteiger partial charge in [-0.15, -0.1) is 0 Å². The van der Waals surface area contributed by atoms with Crippen LogP contribution in [0.1, 0.15) is 57.9 Å². The first kappa shape index (κ1) is 13.7. The molecule has 1 aromatic carbocycles. The molecule has 0 bridgehead atoms. The fourth-order valence-electron chi connectivity index (χ4n) is 3.88. The average Bonchev–Trinajstić information content (AvgIpc) is 2.46. The summed E-state index contributed by atoms with van der Waals surface area (Å²) in [5, 5.41) is 0. The van der Waals surface area contributed by atoms with Gasteiger partial charge in [-0.1, -0.05) is 51.3 Å². The van der Waals surface area contributed by atoms with Crippen molar-refractivity contribution in [2.45, 2.75) is 57.8 Å². The molecule has 1 aliphatic rings. The Hall–Kier alpha value is -0.763. The van der Waals surface area contributed by atoms with Crippen molar-refractivity contribution in [2.75, 3.05) is 0 Å². The molecule has 1 aromatic rings. The molecule has 1 nitrogen and oxygen atoms in total. The molecule has 18 heavy (non-hydrogen) atoms. The van der Waals surface area contributed by atoms with Gasteiger partial charge in [0.2, 0.25) is 0 Å². The molecule has 0 N–H and O–H groups in total. The molecule has 0 heterocycles. The number of hydrogen-bond acceptors (Lipinski definition) is 1. The number of rotatable bonds is 4. The topological polar surface area (TPSA) is 9.23 Å². The van der Waals surface area contributed by atoms with Gasteiger partial charge in [0.1, 0.15) is 5.75 Å². The Morgan fingerprint density at radius 3 is 2.72 bits per heavy atom. The monoisotopic (exact) mass is 259 g/mol. The Morgan fingerprint density at radius 1 is 1.28 bits per heavy atom. The number of hydrogen-bond donors (Lipinski definition) is 0. The van der Waals surface area contributed by atoms with E-state index in [2.05, 4.69) is 42.5 Å². The summed E-state index contributed by atoms with van der Waals surface area (Å²) >= 11 is 0. The molecule has 0 aromatic heterocycles. The highest BCUT2D eigenvalue weighted by Crippen LogP contribution is 2.50. The fourth-order valence-corrected chi connectivity index (χ4v) is 4.06. The molecular formula is C16H23OSi.